The van der Waals surface area contributed by atoms with Crippen LogP contribution in [0.5, 0.6) is 0 Å². The van der Waals surface area contributed by atoms with E-state index in [2.05, 4.69) is 40.4 Å². The first kappa shape index (κ1) is 19.1. The van der Waals surface area contributed by atoms with Crippen LogP contribution in [0.3, 0.4) is 0 Å². The molecule has 0 spiro atoms. The van der Waals surface area contributed by atoms with Crippen molar-refractivity contribution >= 4 is 34.3 Å². The molecule has 0 saturated heterocycles. The summed E-state index contributed by atoms with van der Waals surface area (Å²) in [7, 11) is 1.94. The van der Waals surface area contributed by atoms with Crippen LogP contribution in [0.25, 0.3) is 11.0 Å². The van der Waals surface area contributed by atoms with E-state index in [0.717, 1.165) is 46.7 Å². The molecule has 3 aromatic carbocycles. The lowest BCUT2D eigenvalue weighted by molar-refractivity contribution is 0.603. The maximum Gasteiger partial charge on any atom is 0.151 e. The zero-order chi connectivity index (χ0) is 21.2. The molecule has 5 heteroatoms. The molecule has 31 heavy (non-hydrogen) atoms. The van der Waals surface area contributed by atoms with Crippen molar-refractivity contribution in [3.63, 3.8) is 0 Å². The van der Waals surface area contributed by atoms with Gasteiger partial charge in [0.05, 0.1) is 17.6 Å². The molecule has 4 aromatic rings. The first-order valence-electron chi connectivity index (χ1n) is 10.4. The Balaban J connectivity index is 1.37. The molecule has 1 aromatic heterocycles. The van der Waals surface area contributed by atoms with Crippen LogP contribution in [0.1, 0.15) is 23.8 Å². The van der Waals surface area contributed by atoms with E-state index in [9.17, 15) is 0 Å². The van der Waals surface area contributed by atoms with Gasteiger partial charge in [0.25, 0.3) is 0 Å². The van der Waals surface area contributed by atoms with Gasteiger partial charge in [-0.1, -0.05) is 36.4 Å². The van der Waals surface area contributed by atoms with E-state index in [1.807, 2.05) is 73.7 Å². The van der Waals surface area contributed by atoms with Crippen molar-refractivity contribution in [3.05, 3.63) is 95.7 Å². The number of benzene rings is 3. The lowest BCUT2D eigenvalue weighted by Gasteiger charge is -2.13. The zero-order valence-corrected chi connectivity index (χ0v) is 17.7. The van der Waals surface area contributed by atoms with Gasteiger partial charge in [0.2, 0.25) is 0 Å². The molecule has 2 heterocycles. The van der Waals surface area contributed by atoms with Crippen molar-refractivity contribution in [2.24, 2.45) is 10.2 Å². The van der Waals surface area contributed by atoms with Gasteiger partial charge in [0.15, 0.2) is 5.76 Å². The Morgan fingerprint density at radius 2 is 1.81 bits per heavy atom. The molecule has 0 amide bonds. The highest BCUT2D eigenvalue weighted by atomic mass is 16.3. The number of hydrogen-bond acceptors (Lipinski definition) is 5. The topological polar surface area (TPSA) is 44.3 Å². The highest BCUT2D eigenvalue weighted by molar-refractivity contribution is 6.01. The second kappa shape index (κ2) is 8.11. The minimum absolute atomic E-state index is 0.787. The summed E-state index contributed by atoms with van der Waals surface area (Å²) in [5.41, 5.74) is 6.30. The predicted molar refractivity (Wildman–Crippen MR) is 128 cm³/mol. The lowest BCUT2D eigenvalue weighted by Crippen LogP contribution is -2.15. The van der Waals surface area contributed by atoms with E-state index in [1.165, 1.54) is 11.3 Å². The smallest absolute Gasteiger partial charge is 0.151 e. The Morgan fingerprint density at radius 3 is 2.68 bits per heavy atom. The predicted octanol–water partition coefficient (Wildman–Crippen LogP) is 5.69. The number of nitrogens with zero attached hydrogens (tertiary/aromatic N) is 4. The van der Waals surface area contributed by atoms with E-state index >= 15 is 0 Å². The van der Waals surface area contributed by atoms with Crippen LogP contribution in [-0.2, 0) is 6.42 Å². The van der Waals surface area contributed by atoms with E-state index in [4.69, 9.17) is 9.52 Å². The largest absolute Gasteiger partial charge is 0.455 e. The van der Waals surface area contributed by atoms with Crippen molar-refractivity contribution in [2.75, 3.05) is 23.6 Å². The van der Waals surface area contributed by atoms with Gasteiger partial charge in [0.1, 0.15) is 11.3 Å². The fraction of sp³-hybridized carbons (Fsp3) is 0.154. The summed E-state index contributed by atoms with van der Waals surface area (Å²) < 4.78 is 6.07. The minimum Gasteiger partial charge on any atom is -0.455 e. The summed E-state index contributed by atoms with van der Waals surface area (Å²) in [6, 6.07) is 26.6. The van der Waals surface area contributed by atoms with Gasteiger partial charge < -0.3 is 4.42 Å². The highest BCUT2D eigenvalue weighted by Gasteiger charge is 2.18. The highest BCUT2D eigenvalue weighted by Crippen LogP contribution is 2.28. The number of fused-ring (bicyclic) bond motifs is 2. The molecule has 0 fully saturated rings. The van der Waals surface area contributed by atoms with Gasteiger partial charge in [-0.3, -0.25) is 10.0 Å². The first-order valence-corrected chi connectivity index (χ1v) is 10.4. The Kier molecular flexibility index (Phi) is 5.00. The monoisotopic (exact) mass is 408 g/mol. The number of para-hydroxylation sites is 2. The Morgan fingerprint density at radius 1 is 1.00 bits per heavy atom. The molecule has 1 aliphatic heterocycles. The molecule has 5 nitrogen and oxygen atoms in total. The fourth-order valence-corrected chi connectivity index (χ4v) is 3.84. The van der Waals surface area contributed by atoms with Crippen LogP contribution < -0.4 is 10.0 Å². The second-order valence-corrected chi connectivity index (χ2v) is 7.70. The molecular weight excluding hydrogens is 384 g/mol. The molecule has 1 aliphatic rings. The third-order valence-corrected chi connectivity index (χ3v) is 5.54. The molecule has 0 unspecified atom stereocenters. The van der Waals surface area contributed by atoms with E-state index < -0.39 is 0 Å². The Labute approximate surface area is 181 Å². The van der Waals surface area contributed by atoms with Crippen LogP contribution in [0.15, 0.2) is 93.5 Å². The lowest BCUT2D eigenvalue weighted by atomic mass is 10.1. The Hall–Kier alpha value is -3.86. The van der Waals surface area contributed by atoms with E-state index in [1.54, 1.807) is 0 Å². The zero-order valence-electron chi connectivity index (χ0n) is 17.7. The Bertz CT molecular complexity index is 1270. The van der Waals surface area contributed by atoms with Crippen LogP contribution in [-0.4, -0.2) is 25.5 Å². The summed E-state index contributed by atoms with van der Waals surface area (Å²) in [5, 5.41) is 14.3. The van der Waals surface area contributed by atoms with Gasteiger partial charge >= 0.3 is 0 Å². The van der Waals surface area contributed by atoms with Crippen LogP contribution in [0, 0.1) is 0 Å². The molecule has 0 radical (unpaired) electrons. The van der Waals surface area contributed by atoms with Crippen LogP contribution in [0.2, 0.25) is 0 Å². The van der Waals surface area contributed by atoms with Gasteiger partial charge in [-0.05, 0) is 66.9 Å². The molecule has 154 valence electrons. The van der Waals surface area contributed by atoms with Crippen molar-refractivity contribution in [1.82, 2.24) is 0 Å². The van der Waals surface area contributed by atoms with Gasteiger partial charge in [0, 0.05) is 19.0 Å². The number of anilines is 2. The normalized spacial score (nSPS) is 13.9. The van der Waals surface area contributed by atoms with E-state index in [-0.39, 0.29) is 0 Å². The summed E-state index contributed by atoms with van der Waals surface area (Å²) in [5.74, 6) is 0.787. The van der Waals surface area contributed by atoms with Gasteiger partial charge in [-0.2, -0.15) is 10.2 Å². The van der Waals surface area contributed by atoms with Crippen molar-refractivity contribution in [1.29, 1.82) is 0 Å². The minimum atomic E-state index is 0.787. The molecule has 0 atom stereocenters. The number of hydrogen-bond donors (Lipinski definition) is 0. The van der Waals surface area contributed by atoms with Crippen molar-refractivity contribution < 1.29 is 4.42 Å². The van der Waals surface area contributed by atoms with Crippen molar-refractivity contribution in [3.8, 4) is 0 Å². The average molecular weight is 409 g/mol. The first-order chi connectivity index (χ1) is 15.2. The summed E-state index contributed by atoms with van der Waals surface area (Å²) in [6.07, 6.45) is 2.88. The molecule has 0 aliphatic carbocycles. The molecule has 0 saturated carbocycles. The SMILES string of the molecule is C/C(=N\N1CCc2ccccc21)c1cc2cc(/C=N/N(C)c3ccccc3)ccc2o1. The standard InChI is InChI=1S/C26H24N4O/c1-19(28-30-15-14-21-8-6-7-11-24(21)30)26-17-22-16-20(12-13-25(22)31-26)18-27-29(2)23-9-4-3-5-10-23/h3-13,16-18H,14-15H2,1-2H3/b27-18+,28-19+. The molecular formula is C26H24N4O. The molecule has 5 rings (SSSR count). The molecule has 0 N–H and O–H groups in total. The van der Waals surface area contributed by atoms with Crippen LogP contribution in [0.4, 0.5) is 11.4 Å². The summed E-state index contributed by atoms with van der Waals surface area (Å²) in [6.45, 7) is 2.89. The number of rotatable bonds is 5. The quantitative estimate of drug-likeness (QED) is 0.315. The number of furan rings is 1. The number of hydrazone groups is 2. The summed E-state index contributed by atoms with van der Waals surface area (Å²) in [4.78, 5) is 0. The second-order valence-electron chi connectivity index (χ2n) is 7.70. The van der Waals surface area contributed by atoms with E-state index in [0.29, 0.717) is 0 Å². The van der Waals surface area contributed by atoms with Gasteiger partial charge in [-0.25, -0.2) is 0 Å². The molecule has 0 bridgehead atoms. The third-order valence-electron chi connectivity index (χ3n) is 5.54. The van der Waals surface area contributed by atoms with Crippen LogP contribution >= 0.6 is 0 Å². The van der Waals surface area contributed by atoms with Gasteiger partial charge in [-0.15, -0.1) is 0 Å². The average Bonchev–Trinajstić information content (AvgIpc) is 3.42. The summed E-state index contributed by atoms with van der Waals surface area (Å²) >= 11 is 0. The third kappa shape index (κ3) is 3.94. The maximum atomic E-state index is 6.07. The maximum absolute atomic E-state index is 6.07. The fourth-order valence-electron chi connectivity index (χ4n) is 3.84. The van der Waals surface area contributed by atoms with Crippen molar-refractivity contribution in [2.45, 2.75) is 13.3 Å².